The standard InChI is InChI=1S/C25H38O3/c1-16(5-10-23(27)28-4)20-8-9-21-19-7-6-17-15-18(26)11-13-24(17,2)22(19)12-14-25(20,21)3/h15-16,19-22H,5-14H2,1-4H3/t16?,19?,20?,21?,22?,24-,25+/m1/s1. The average molecular weight is 387 g/mol. The summed E-state index contributed by atoms with van der Waals surface area (Å²) in [5.41, 5.74) is 2.17. The lowest BCUT2D eigenvalue weighted by Gasteiger charge is -2.58. The van der Waals surface area contributed by atoms with Crippen LogP contribution in [0.4, 0.5) is 0 Å². The van der Waals surface area contributed by atoms with Crippen molar-refractivity contribution in [2.45, 2.75) is 85.0 Å². The molecular weight excluding hydrogens is 348 g/mol. The minimum Gasteiger partial charge on any atom is -0.469 e. The molecule has 0 aromatic heterocycles. The van der Waals surface area contributed by atoms with Gasteiger partial charge in [-0.1, -0.05) is 26.3 Å². The summed E-state index contributed by atoms with van der Waals surface area (Å²) < 4.78 is 4.87. The highest BCUT2D eigenvalue weighted by molar-refractivity contribution is 5.91. The highest BCUT2D eigenvalue weighted by Crippen LogP contribution is 2.67. The van der Waals surface area contributed by atoms with Gasteiger partial charge >= 0.3 is 5.97 Å². The van der Waals surface area contributed by atoms with E-state index in [9.17, 15) is 9.59 Å². The van der Waals surface area contributed by atoms with Gasteiger partial charge in [0.25, 0.3) is 0 Å². The Hall–Kier alpha value is -1.12. The fourth-order valence-corrected chi connectivity index (χ4v) is 8.18. The van der Waals surface area contributed by atoms with E-state index in [1.165, 1.54) is 44.8 Å². The Morgan fingerprint density at radius 3 is 2.68 bits per heavy atom. The van der Waals surface area contributed by atoms with E-state index in [0.717, 1.165) is 49.4 Å². The maximum atomic E-state index is 12.0. The first-order valence-electron chi connectivity index (χ1n) is 11.6. The molecule has 0 heterocycles. The molecule has 156 valence electrons. The molecule has 0 aliphatic heterocycles. The zero-order valence-corrected chi connectivity index (χ0v) is 18.3. The molecule has 0 aromatic rings. The van der Waals surface area contributed by atoms with E-state index in [1.807, 2.05) is 6.08 Å². The number of carbonyl (C=O) groups is 2. The molecule has 7 atom stereocenters. The van der Waals surface area contributed by atoms with Crippen molar-refractivity contribution in [1.29, 1.82) is 0 Å². The lowest BCUT2D eigenvalue weighted by molar-refractivity contribution is -0.141. The summed E-state index contributed by atoms with van der Waals surface area (Å²) in [4.78, 5) is 23.6. The molecule has 0 aromatic carbocycles. The second kappa shape index (κ2) is 7.29. The van der Waals surface area contributed by atoms with Crippen molar-refractivity contribution in [1.82, 2.24) is 0 Å². The molecule has 0 N–H and O–H groups in total. The molecule has 3 nitrogen and oxygen atoms in total. The van der Waals surface area contributed by atoms with Crippen molar-refractivity contribution in [3.05, 3.63) is 11.6 Å². The largest absolute Gasteiger partial charge is 0.469 e. The highest BCUT2D eigenvalue weighted by atomic mass is 16.5. The Kier molecular flexibility index (Phi) is 5.25. The number of allylic oxidation sites excluding steroid dienone is 1. The van der Waals surface area contributed by atoms with Crippen LogP contribution in [0.2, 0.25) is 0 Å². The van der Waals surface area contributed by atoms with E-state index in [4.69, 9.17) is 4.74 Å². The van der Waals surface area contributed by atoms with Gasteiger partial charge in [-0.3, -0.25) is 9.59 Å². The zero-order valence-electron chi connectivity index (χ0n) is 18.3. The molecule has 3 heteroatoms. The maximum absolute atomic E-state index is 12.0. The smallest absolute Gasteiger partial charge is 0.305 e. The predicted molar refractivity (Wildman–Crippen MR) is 111 cm³/mol. The number of methoxy groups -OCH3 is 1. The van der Waals surface area contributed by atoms with Gasteiger partial charge in [0.05, 0.1) is 7.11 Å². The van der Waals surface area contributed by atoms with Crippen molar-refractivity contribution in [2.75, 3.05) is 7.11 Å². The van der Waals surface area contributed by atoms with Crippen LogP contribution in [0.1, 0.15) is 85.0 Å². The van der Waals surface area contributed by atoms with E-state index in [2.05, 4.69) is 20.8 Å². The molecule has 0 amide bonds. The topological polar surface area (TPSA) is 43.4 Å². The molecule has 5 unspecified atom stereocenters. The summed E-state index contributed by atoms with van der Waals surface area (Å²) in [5.74, 6) is 4.03. The molecule has 0 spiro atoms. The Balaban J connectivity index is 1.51. The summed E-state index contributed by atoms with van der Waals surface area (Å²) in [6.07, 6.45) is 13.1. The molecule has 28 heavy (non-hydrogen) atoms. The van der Waals surface area contributed by atoms with Crippen molar-refractivity contribution in [3.63, 3.8) is 0 Å². The molecule has 3 fully saturated rings. The Morgan fingerprint density at radius 2 is 1.93 bits per heavy atom. The third-order valence-corrected chi connectivity index (χ3v) is 9.75. The number of hydrogen-bond acceptors (Lipinski definition) is 3. The Labute approximate surface area is 170 Å². The van der Waals surface area contributed by atoms with Crippen LogP contribution in [0.5, 0.6) is 0 Å². The second-order valence-corrected chi connectivity index (χ2v) is 10.8. The van der Waals surface area contributed by atoms with Crippen molar-refractivity contribution in [3.8, 4) is 0 Å². The van der Waals surface area contributed by atoms with Gasteiger partial charge in [-0.25, -0.2) is 0 Å². The minimum absolute atomic E-state index is 0.0679. The van der Waals surface area contributed by atoms with Gasteiger partial charge in [0.15, 0.2) is 5.78 Å². The van der Waals surface area contributed by atoms with Crippen LogP contribution in [0, 0.1) is 40.4 Å². The van der Waals surface area contributed by atoms with E-state index in [-0.39, 0.29) is 11.4 Å². The highest BCUT2D eigenvalue weighted by Gasteiger charge is 2.59. The average Bonchev–Trinajstić information content (AvgIpc) is 3.03. The van der Waals surface area contributed by atoms with Crippen molar-refractivity contribution < 1.29 is 14.3 Å². The number of rotatable bonds is 4. The number of hydrogen-bond donors (Lipinski definition) is 0. The molecule has 0 radical (unpaired) electrons. The molecular formula is C25H38O3. The van der Waals surface area contributed by atoms with Crippen LogP contribution in [0.15, 0.2) is 11.6 Å². The monoisotopic (exact) mass is 386 g/mol. The fraction of sp³-hybridized carbons (Fsp3) is 0.840. The van der Waals surface area contributed by atoms with Gasteiger partial charge in [0.2, 0.25) is 0 Å². The quantitative estimate of drug-likeness (QED) is 0.580. The van der Waals surface area contributed by atoms with Gasteiger partial charge in [0, 0.05) is 12.8 Å². The van der Waals surface area contributed by atoms with E-state index >= 15 is 0 Å². The number of ketones is 1. The van der Waals surface area contributed by atoms with Gasteiger partial charge < -0.3 is 4.74 Å². The third-order valence-electron chi connectivity index (χ3n) is 9.75. The second-order valence-electron chi connectivity index (χ2n) is 10.8. The zero-order chi connectivity index (χ0) is 20.1. The molecule has 4 rings (SSSR count). The molecule has 0 saturated heterocycles. The first kappa shape index (κ1) is 20.2. The predicted octanol–water partition coefficient (Wildman–Crippen LogP) is 5.72. The molecule has 4 aliphatic rings. The van der Waals surface area contributed by atoms with E-state index in [0.29, 0.717) is 23.5 Å². The van der Waals surface area contributed by atoms with Crippen LogP contribution >= 0.6 is 0 Å². The summed E-state index contributed by atoms with van der Waals surface area (Å²) in [5, 5.41) is 0. The van der Waals surface area contributed by atoms with E-state index in [1.54, 1.807) is 0 Å². The number of carbonyl (C=O) groups excluding carboxylic acids is 2. The number of fused-ring (bicyclic) bond motifs is 5. The van der Waals surface area contributed by atoms with Gasteiger partial charge in [-0.05, 0) is 97.9 Å². The summed E-state index contributed by atoms with van der Waals surface area (Å²) in [6.45, 7) is 7.40. The fourth-order valence-electron chi connectivity index (χ4n) is 8.18. The number of esters is 1. The first-order valence-corrected chi connectivity index (χ1v) is 11.6. The van der Waals surface area contributed by atoms with Crippen LogP contribution < -0.4 is 0 Å². The van der Waals surface area contributed by atoms with Gasteiger partial charge in [-0.15, -0.1) is 0 Å². The van der Waals surface area contributed by atoms with Gasteiger partial charge in [-0.2, -0.15) is 0 Å². The van der Waals surface area contributed by atoms with E-state index < -0.39 is 0 Å². The lowest BCUT2D eigenvalue weighted by atomic mass is 9.46. The molecule has 3 saturated carbocycles. The van der Waals surface area contributed by atoms with Gasteiger partial charge in [0.1, 0.15) is 0 Å². The lowest BCUT2D eigenvalue weighted by Crippen LogP contribution is -2.51. The number of ether oxygens (including phenoxy) is 1. The van der Waals surface area contributed by atoms with Crippen molar-refractivity contribution >= 4 is 11.8 Å². The summed E-state index contributed by atoms with van der Waals surface area (Å²) >= 11 is 0. The minimum atomic E-state index is -0.0679. The van der Waals surface area contributed by atoms with Crippen molar-refractivity contribution in [2.24, 2.45) is 40.4 Å². The normalized spacial score (nSPS) is 43.4. The maximum Gasteiger partial charge on any atom is 0.305 e. The van der Waals surface area contributed by atoms with Crippen LogP contribution in [0.25, 0.3) is 0 Å². The molecule has 0 bridgehead atoms. The third kappa shape index (κ3) is 3.08. The molecule has 4 aliphatic carbocycles. The summed E-state index contributed by atoms with van der Waals surface area (Å²) in [7, 11) is 1.49. The SMILES string of the molecule is COC(=O)CCC(C)C1CCC2C3CCC4=CC(=O)CC[C@@]4(C)C3CC[C@@]12C. The van der Waals surface area contributed by atoms with Crippen LogP contribution in [-0.4, -0.2) is 18.9 Å². The Bertz CT molecular complexity index is 679. The first-order chi connectivity index (χ1) is 13.3. The van der Waals surface area contributed by atoms with Crippen LogP contribution in [0.3, 0.4) is 0 Å². The Morgan fingerprint density at radius 1 is 1.14 bits per heavy atom. The van der Waals surface area contributed by atoms with Crippen LogP contribution in [-0.2, 0) is 14.3 Å². The summed E-state index contributed by atoms with van der Waals surface area (Å²) in [6, 6.07) is 0.